The van der Waals surface area contributed by atoms with E-state index in [1.54, 1.807) is 0 Å². The predicted octanol–water partition coefficient (Wildman–Crippen LogP) is 3.75. The summed E-state index contributed by atoms with van der Waals surface area (Å²) >= 11 is 0. The van der Waals surface area contributed by atoms with Crippen LogP contribution >= 0.6 is 0 Å². The van der Waals surface area contributed by atoms with E-state index >= 15 is 0 Å². The molecule has 20 heavy (non-hydrogen) atoms. The Hall–Kier alpha value is -2.55. The molecule has 100 valence electrons. The van der Waals surface area contributed by atoms with Crippen LogP contribution in [0.25, 0.3) is 16.9 Å². The maximum atomic E-state index is 11.1. The van der Waals surface area contributed by atoms with Crippen LogP contribution in [0.15, 0.2) is 54.8 Å². The molecule has 2 aromatic rings. The molecular formula is C17H14O3. The van der Waals surface area contributed by atoms with E-state index in [1.165, 1.54) is 13.2 Å². The normalized spacial score (nSPS) is 12.9. The number of esters is 1. The first-order valence-corrected chi connectivity index (χ1v) is 6.43. The van der Waals surface area contributed by atoms with Crippen LogP contribution in [0.1, 0.15) is 18.1 Å². The average molecular weight is 266 g/mol. The zero-order chi connectivity index (χ0) is 13.9. The molecule has 1 heterocycles. The van der Waals surface area contributed by atoms with Gasteiger partial charge in [-0.05, 0) is 17.2 Å². The van der Waals surface area contributed by atoms with Crippen LogP contribution in [0, 0.1) is 0 Å². The molecule has 0 bridgehead atoms. The van der Waals surface area contributed by atoms with Gasteiger partial charge in [-0.1, -0.05) is 42.5 Å². The van der Waals surface area contributed by atoms with Crippen LogP contribution in [-0.4, -0.2) is 5.97 Å². The molecule has 0 unspecified atom stereocenters. The maximum absolute atomic E-state index is 11.1. The molecule has 1 aliphatic rings. The zero-order valence-electron chi connectivity index (χ0n) is 11.1. The molecule has 3 nitrogen and oxygen atoms in total. The molecule has 0 atom stereocenters. The van der Waals surface area contributed by atoms with Crippen LogP contribution < -0.4 is 0 Å². The van der Waals surface area contributed by atoms with E-state index in [0.717, 1.165) is 22.3 Å². The fraction of sp³-hybridized carbons (Fsp3) is 0.118. The first kappa shape index (κ1) is 12.5. The lowest BCUT2D eigenvalue weighted by Gasteiger charge is -2.18. The van der Waals surface area contributed by atoms with Crippen LogP contribution in [0.4, 0.5) is 0 Å². The van der Waals surface area contributed by atoms with Gasteiger partial charge in [0.1, 0.15) is 12.9 Å². The molecule has 2 aromatic carbocycles. The molecule has 1 aliphatic heterocycles. The molecule has 0 aromatic heterocycles. The fourth-order valence-corrected chi connectivity index (χ4v) is 2.27. The highest BCUT2D eigenvalue weighted by molar-refractivity contribution is 5.78. The summed E-state index contributed by atoms with van der Waals surface area (Å²) in [4.78, 5) is 11.1. The van der Waals surface area contributed by atoms with E-state index in [2.05, 4.69) is 18.2 Å². The molecule has 0 aliphatic carbocycles. The van der Waals surface area contributed by atoms with Crippen molar-refractivity contribution in [3.8, 4) is 11.1 Å². The van der Waals surface area contributed by atoms with Crippen molar-refractivity contribution in [2.75, 3.05) is 0 Å². The van der Waals surface area contributed by atoms with E-state index < -0.39 is 0 Å². The molecule has 3 heteroatoms. The Labute approximate surface area is 117 Å². The molecule has 0 N–H and O–H groups in total. The van der Waals surface area contributed by atoms with Gasteiger partial charge in [0.15, 0.2) is 5.76 Å². The highest BCUT2D eigenvalue weighted by atomic mass is 16.6. The van der Waals surface area contributed by atoms with Crippen LogP contribution in [0.5, 0.6) is 0 Å². The summed E-state index contributed by atoms with van der Waals surface area (Å²) in [7, 11) is 0. The molecule has 3 rings (SSSR count). The minimum atomic E-state index is -0.347. The predicted molar refractivity (Wildman–Crippen MR) is 76.4 cm³/mol. The number of hydrogen-bond acceptors (Lipinski definition) is 3. The number of carbonyl (C=O) groups is 1. The van der Waals surface area contributed by atoms with Gasteiger partial charge in [-0.15, -0.1) is 0 Å². The van der Waals surface area contributed by atoms with Crippen molar-refractivity contribution in [1.29, 1.82) is 0 Å². The number of carbonyl (C=O) groups excluding carboxylic acids is 1. The van der Waals surface area contributed by atoms with Gasteiger partial charge in [-0.3, -0.25) is 4.79 Å². The first-order chi connectivity index (χ1) is 9.74. The topological polar surface area (TPSA) is 35.5 Å². The van der Waals surface area contributed by atoms with Gasteiger partial charge >= 0.3 is 5.97 Å². The van der Waals surface area contributed by atoms with Crippen molar-refractivity contribution in [3.63, 3.8) is 0 Å². The molecular weight excluding hydrogens is 252 g/mol. The van der Waals surface area contributed by atoms with Crippen LogP contribution in [0.2, 0.25) is 0 Å². The highest BCUT2D eigenvalue weighted by Crippen LogP contribution is 2.30. The van der Waals surface area contributed by atoms with Crippen molar-refractivity contribution in [2.24, 2.45) is 0 Å². The highest BCUT2D eigenvalue weighted by Gasteiger charge is 2.17. The third-order valence-electron chi connectivity index (χ3n) is 3.16. The van der Waals surface area contributed by atoms with Gasteiger partial charge in [0.05, 0.1) is 0 Å². The summed E-state index contributed by atoms with van der Waals surface area (Å²) in [5, 5.41) is 0. The number of ether oxygens (including phenoxy) is 2. The number of rotatable bonds is 2. The summed E-state index contributed by atoms with van der Waals surface area (Å²) in [6.07, 6.45) is 1.49. The Morgan fingerprint density at radius 3 is 2.65 bits per heavy atom. The van der Waals surface area contributed by atoms with Crippen LogP contribution in [0.3, 0.4) is 0 Å². The van der Waals surface area contributed by atoms with Gasteiger partial charge in [-0.2, -0.15) is 0 Å². The Kier molecular flexibility index (Phi) is 3.25. The molecule has 0 saturated heterocycles. The summed E-state index contributed by atoms with van der Waals surface area (Å²) < 4.78 is 10.5. The molecule has 0 fully saturated rings. The standard InChI is InChI=1S/C17H14O3/c1-12(18)20-17-11-19-10-15-9-14(7-8-16(15)17)13-5-3-2-4-6-13/h2-9,11H,10H2,1H3. The zero-order valence-corrected chi connectivity index (χ0v) is 11.1. The second kappa shape index (κ2) is 5.21. The van der Waals surface area contributed by atoms with Gasteiger partial charge < -0.3 is 9.47 Å². The molecule has 0 spiro atoms. The third kappa shape index (κ3) is 2.43. The van der Waals surface area contributed by atoms with E-state index in [9.17, 15) is 4.79 Å². The second-order valence-electron chi connectivity index (χ2n) is 4.62. The van der Waals surface area contributed by atoms with Crippen molar-refractivity contribution < 1.29 is 14.3 Å². The minimum Gasteiger partial charge on any atom is -0.493 e. The molecule has 0 radical (unpaired) electrons. The van der Waals surface area contributed by atoms with Crippen molar-refractivity contribution in [1.82, 2.24) is 0 Å². The fourth-order valence-electron chi connectivity index (χ4n) is 2.27. The third-order valence-corrected chi connectivity index (χ3v) is 3.16. The largest absolute Gasteiger partial charge is 0.493 e. The summed E-state index contributed by atoms with van der Waals surface area (Å²) in [6.45, 7) is 1.87. The lowest BCUT2D eigenvalue weighted by molar-refractivity contribution is -0.134. The summed E-state index contributed by atoms with van der Waals surface area (Å²) in [5.74, 6) is 0.123. The van der Waals surface area contributed by atoms with Gasteiger partial charge in [0.2, 0.25) is 0 Å². The number of benzene rings is 2. The summed E-state index contributed by atoms with van der Waals surface area (Å²) in [6, 6.07) is 16.2. The SMILES string of the molecule is CC(=O)OC1=COCc2cc(-c3ccccc3)ccc21. The van der Waals surface area contributed by atoms with E-state index in [0.29, 0.717) is 12.4 Å². The van der Waals surface area contributed by atoms with Crippen molar-refractivity contribution >= 4 is 11.7 Å². The Bertz CT molecular complexity index is 672. The summed E-state index contributed by atoms with van der Waals surface area (Å²) in [5.41, 5.74) is 4.20. The van der Waals surface area contributed by atoms with Crippen molar-refractivity contribution in [2.45, 2.75) is 13.5 Å². The molecule has 0 amide bonds. The average Bonchev–Trinajstić information content (AvgIpc) is 2.47. The number of hydrogen-bond donors (Lipinski definition) is 0. The Balaban J connectivity index is 1.98. The van der Waals surface area contributed by atoms with Gasteiger partial charge in [0.25, 0.3) is 0 Å². The van der Waals surface area contributed by atoms with Crippen molar-refractivity contribution in [3.05, 3.63) is 65.9 Å². The monoisotopic (exact) mass is 266 g/mol. The first-order valence-electron chi connectivity index (χ1n) is 6.43. The maximum Gasteiger partial charge on any atom is 0.308 e. The number of fused-ring (bicyclic) bond motifs is 1. The Morgan fingerprint density at radius 1 is 1.10 bits per heavy atom. The minimum absolute atomic E-state index is 0.347. The second-order valence-corrected chi connectivity index (χ2v) is 4.62. The Morgan fingerprint density at radius 2 is 1.90 bits per heavy atom. The van der Waals surface area contributed by atoms with Gasteiger partial charge in [0, 0.05) is 18.1 Å². The quantitative estimate of drug-likeness (QED) is 0.777. The van der Waals surface area contributed by atoms with E-state index in [1.807, 2.05) is 30.3 Å². The van der Waals surface area contributed by atoms with E-state index in [-0.39, 0.29) is 5.97 Å². The lowest BCUT2D eigenvalue weighted by atomic mass is 9.98. The smallest absolute Gasteiger partial charge is 0.308 e. The van der Waals surface area contributed by atoms with E-state index in [4.69, 9.17) is 9.47 Å². The lowest BCUT2D eigenvalue weighted by Crippen LogP contribution is -2.07. The van der Waals surface area contributed by atoms with Gasteiger partial charge in [-0.25, -0.2) is 0 Å². The molecule has 0 saturated carbocycles. The van der Waals surface area contributed by atoms with Crippen LogP contribution in [-0.2, 0) is 20.9 Å².